The van der Waals surface area contributed by atoms with Crippen LogP contribution in [0.2, 0.25) is 0 Å². The highest BCUT2D eigenvalue weighted by atomic mass is 32.1. The van der Waals surface area contributed by atoms with Crippen LogP contribution in [-0.4, -0.2) is 24.8 Å². The third kappa shape index (κ3) is 18.5. The first-order valence-electron chi connectivity index (χ1n) is 48.9. The number of unbranched alkanes of at least 4 members (excludes halogenated alkanes) is 14. The van der Waals surface area contributed by atoms with E-state index in [9.17, 15) is 26.3 Å². The van der Waals surface area contributed by atoms with Gasteiger partial charge in [0.25, 0.3) is 5.70 Å². The lowest BCUT2D eigenvalue weighted by Crippen LogP contribution is -2.29. The minimum Gasteiger partial charge on any atom is -0.492 e. The van der Waals surface area contributed by atoms with Crippen LogP contribution in [0, 0.1) is 88.2 Å². The van der Waals surface area contributed by atoms with Gasteiger partial charge in [-0.2, -0.15) is 21.0 Å². The van der Waals surface area contributed by atoms with Gasteiger partial charge in [0.15, 0.2) is 11.6 Å². The van der Waals surface area contributed by atoms with E-state index in [2.05, 4.69) is 209 Å². The zero-order chi connectivity index (χ0) is 95.3. The topological polar surface area (TPSA) is 185 Å². The summed E-state index contributed by atoms with van der Waals surface area (Å²) in [5, 5.41) is 52.7. The molecule has 16 rings (SSSR count). The van der Waals surface area contributed by atoms with Gasteiger partial charge in [-0.25, -0.2) is 19.8 Å². The van der Waals surface area contributed by atoms with E-state index in [-0.39, 0.29) is 90.2 Å². The van der Waals surface area contributed by atoms with Gasteiger partial charge >= 0.3 is 0 Å². The predicted octanol–water partition coefficient (Wildman–Crippen LogP) is 34.3. The van der Waals surface area contributed by atoms with Crippen molar-refractivity contribution in [3.05, 3.63) is 312 Å². The molecule has 2 unspecified atom stereocenters. The summed E-state index contributed by atoms with van der Waals surface area (Å²) in [5.41, 5.74) is 13.8. The molecule has 0 fully saturated rings. The summed E-state index contributed by atoms with van der Waals surface area (Å²) in [5.74, 6) is 0.967. The average Bonchev–Trinajstić information content (AvgIpc) is 1.48. The van der Waals surface area contributed by atoms with Gasteiger partial charge in [-0.15, -0.1) is 68.0 Å². The molecule has 0 N–H and O–H groups in total. The fraction of sp³-hybridized carbons (Fsp3) is 0.356. The summed E-state index contributed by atoms with van der Waals surface area (Å²) in [6.45, 7) is 43.2. The SMILES string of the molecule is [C-]#[N+]/C(C#N)=C1/C(=C/c2cc(OCC(CC)CCCC)c(-c3cc4c(s3)-c3sc5c6c(sc5c3C4(c3ccc(CCCCCC)cc3)c3ccc(CCCCCC)cc3)-c3sc(-c4sc(/C=C5\C(=O)c7cc([N+]#[C-])c(C#N)cc7C5=C(C#N)C#N)cc4OCC(CC)CCCC)cc3C6(c3ccc(CCCCCC)cc3)c3ccc(CCCCCC)cc3)s2)C(=O)c2cc(C#N)c([N+]#[C-])cc21. The summed E-state index contributed by atoms with van der Waals surface area (Å²) in [6, 6.07) is 63.7. The predicted molar refractivity (Wildman–Crippen MR) is 562 cm³/mol. The summed E-state index contributed by atoms with van der Waals surface area (Å²) in [7, 11) is 0. The molecule has 0 spiro atoms. The number of benzene rings is 6. The molecule has 0 saturated heterocycles. The van der Waals surface area contributed by atoms with Gasteiger partial charge in [0.2, 0.25) is 11.4 Å². The number of hydrogen-bond acceptors (Lipinski definition) is 15. The number of hydrogen-bond donors (Lipinski definition) is 0. The number of allylic oxidation sites excluding steroid dienone is 6. The molecule has 136 heavy (non-hydrogen) atoms. The molecule has 12 nitrogen and oxygen atoms in total. The van der Waals surface area contributed by atoms with Crippen molar-refractivity contribution in [3.63, 3.8) is 0 Å². The fourth-order valence-corrected chi connectivity index (χ4v) is 28.7. The molecule has 6 heterocycles. The van der Waals surface area contributed by atoms with Crippen LogP contribution in [-0.2, 0) is 36.5 Å². The van der Waals surface area contributed by atoms with Crippen molar-refractivity contribution in [1.29, 1.82) is 26.3 Å². The highest BCUT2D eigenvalue weighted by Gasteiger charge is 2.56. The van der Waals surface area contributed by atoms with Crippen LogP contribution in [0.3, 0.4) is 0 Å². The quantitative estimate of drug-likeness (QED) is 0.0155. The maximum atomic E-state index is 15.1. The van der Waals surface area contributed by atoms with Crippen molar-refractivity contribution >= 4 is 124 Å². The molecule has 6 aromatic carbocycles. The van der Waals surface area contributed by atoms with Crippen LogP contribution in [0.5, 0.6) is 11.5 Å². The maximum Gasteiger partial charge on any atom is 0.270 e. The average molecular weight is 1900 g/mol. The Balaban J connectivity index is 0.980. The van der Waals surface area contributed by atoms with Crippen LogP contribution < -0.4 is 9.47 Å². The summed E-state index contributed by atoms with van der Waals surface area (Å²) >= 11 is 10.4. The summed E-state index contributed by atoms with van der Waals surface area (Å²) in [4.78, 5) is 51.1. The molecule has 0 saturated carbocycles. The minimum atomic E-state index is -0.919. The van der Waals surface area contributed by atoms with E-state index in [0.717, 1.165) is 206 Å². The Morgan fingerprint density at radius 1 is 0.390 bits per heavy atom. The Kier molecular flexibility index (Phi) is 31.1. The molecule has 0 aliphatic heterocycles. The number of nitrogens with zero attached hydrogens (tertiary/aromatic N) is 8. The third-order valence-electron chi connectivity index (χ3n) is 28.0. The minimum absolute atomic E-state index is 0.0144. The molecule has 12 aromatic rings. The molecular weight excluding hydrogens is 1790 g/mol. The maximum absolute atomic E-state index is 15.1. The van der Waals surface area contributed by atoms with E-state index < -0.39 is 22.4 Å². The second kappa shape index (κ2) is 43.7. The molecule has 6 aromatic heterocycles. The number of ether oxygens (including phenoxy) is 2. The number of aryl methyl sites for hydroxylation is 4. The van der Waals surface area contributed by atoms with Crippen molar-refractivity contribution in [3.8, 4) is 80.9 Å². The first-order valence-corrected chi connectivity index (χ1v) is 53.8. The number of rotatable bonds is 42. The van der Waals surface area contributed by atoms with Crippen LogP contribution in [0.25, 0.3) is 86.3 Å². The van der Waals surface area contributed by atoms with Gasteiger partial charge in [-0.3, -0.25) is 9.59 Å². The first kappa shape index (κ1) is 96.7. The summed E-state index contributed by atoms with van der Waals surface area (Å²) < 4.78 is 17.0. The van der Waals surface area contributed by atoms with Gasteiger partial charge < -0.3 is 9.47 Å². The van der Waals surface area contributed by atoms with Crippen molar-refractivity contribution in [2.24, 2.45) is 11.8 Å². The molecule has 4 aliphatic carbocycles. The monoisotopic (exact) mass is 1900 g/mol. The number of carbonyl (C=O) groups excluding carboxylic acids is 2. The Morgan fingerprint density at radius 3 is 1.08 bits per heavy atom. The zero-order valence-electron chi connectivity index (χ0n) is 79.0. The molecule has 18 heteroatoms. The van der Waals surface area contributed by atoms with E-state index in [4.69, 9.17) is 29.2 Å². The third-order valence-corrected chi connectivity index (χ3v) is 35.6. The number of fused-ring (bicyclic) bond motifs is 11. The fourth-order valence-electron chi connectivity index (χ4n) is 20.5. The Labute approximate surface area is 826 Å². The molecule has 2 atom stereocenters. The van der Waals surface area contributed by atoms with E-state index in [1.54, 1.807) is 34.8 Å². The normalized spacial score (nSPS) is 14.8. The van der Waals surface area contributed by atoms with Gasteiger partial charge in [0.05, 0.1) is 112 Å². The molecule has 0 bridgehead atoms. The molecular formula is C118H112N8O4S6. The molecule has 684 valence electrons. The molecule has 4 aliphatic rings. The standard InChI is InChI=1S/C118H112N8O4S6/c1-12-20-26-30-36-75-40-48-82(49-41-75)117(83-50-42-76(43-51-83)37-31-27-21-13-2)94-64-101(111-99(129-71-73(18-7)34-24-16-5)60-86(131-111)58-92-103(81(68-121)69-122)88-56-79(66-119)97(125-10)63-91(88)108(92)128)133-109(94)113-105(117)115-116(135-113)106-114(136-115)110-95(118(106,84-52-44-77(45-53-84)38-32-28-22-14-3)85-54-46-78(47-55-85)39-33-29-23-15-4)65-102(134-110)112-100(130-72-74(19-8)35-25-17-6)61-87(132-112)59-93-104(98(70-123)126-11)89-62-96(124-9)80(67-120)57-90(89)107(93)127/h40-65,73-74H,12-39,71-72H2,1-8H3/b92-58-,93-59-,104-98+. The molecule has 0 radical (unpaired) electrons. The highest BCUT2D eigenvalue weighted by molar-refractivity contribution is 7.35. The smallest absolute Gasteiger partial charge is 0.270 e. The number of ketones is 2. The lowest BCUT2D eigenvalue weighted by molar-refractivity contribution is 0.103. The second-order valence-electron chi connectivity index (χ2n) is 36.6. The Morgan fingerprint density at radius 2 is 0.743 bits per heavy atom. The van der Waals surface area contributed by atoms with Crippen molar-refractivity contribution in [2.45, 2.75) is 246 Å². The highest BCUT2D eigenvalue weighted by Crippen LogP contribution is 2.72. The Hall–Kier alpha value is -12.4. The van der Waals surface area contributed by atoms with Crippen molar-refractivity contribution in [1.82, 2.24) is 0 Å². The van der Waals surface area contributed by atoms with Crippen LogP contribution in [0.15, 0.2) is 168 Å². The number of thiophene rings is 6. The summed E-state index contributed by atoms with van der Waals surface area (Å²) in [6.07, 6.45) is 33.7. The van der Waals surface area contributed by atoms with E-state index in [1.807, 2.05) is 34.8 Å². The van der Waals surface area contributed by atoms with E-state index in [1.165, 1.54) is 136 Å². The van der Waals surface area contributed by atoms with Crippen LogP contribution in [0.4, 0.5) is 11.4 Å². The van der Waals surface area contributed by atoms with Crippen LogP contribution in [0.1, 0.15) is 329 Å². The van der Waals surface area contributed by atoms with E-state index >= 15 is 9.59 Å². The lowest BCUT2D eigenvalue weighted by atomic mass is 9.67. The van der Waals surface area contributed by atoms with E-state index in [0.29, 0.717) is 34.5 Å². The van der Waals surface area contributed by atoms with Gasteiger partial charge in [-0.05, 0) is 203 Å². The van der Waals surface area contributed by atoms with Crippen molar-refractivity contribution in [2.75, 3.05) is 13.2 Å². The number of nitriles is 5. The molecule has 0 amide bonds. The zero-order valence-corrected chi connectivity index (χ0v) is 83.9. The number of Topliss-reactive ketones (excluding diaryl/α,β-unsaturated/α-hetero) is 2. The van der Waals surface area contributed by atoms with Gasteiger partial charge in [0.1, 0.15) is 29.2 Å². The number of carbonyl (C=O) groups is 2. The first-order chi connectivity index (χ1) is 66.5. The van der Waals surface area contributed by atoms with Gasteiger partial charge in [0, 0.05) is 64.1 Å². The largest absolute Gasteiger partial charge is 0.492 e. The lowest BCUT2D eigenvalue weighted by Gasteiger charge is -2.34. The van der Waals surface area contributed by atoms with Crippen LogP contribution >= 0.6 is 68.0 Å². The second-order valence-corrected chi connectivity index (χ2v) is 42.9. The Bertz CT molecular complexity index is 6500. The van der Waals surface area contributed by atoms with Gasteiger partial charge in [-0.1, -0.05) is 268 Å². The van der Waals surface area contributed by atoms with Crippen molar-refractivity contribution < 1.29 is 19.1 Å².